The summed E-state index contributed by atoms with van der Waals surface area (Å²) < 4.78 is 26.4. The molecule has 1 atom stereocenters. The van der Waals surface area contributed by atoms with Crippen LogP contribution in [0.5, 0.6) is 0 Å². The lowest BCUT2D eigenvalue weighted by atomic mass is 10.00. The Morgan fingerprint density at radius 1 is 1.23 bits per heavy atom. The van der Waals surface area contributed by atoms with Crippen LogP contribution in [0.4, 0.5) is 20.3 Å². The first-order valence-electron chi connectivity index (χ1n) is 8.86. The molecule has 1 aromatic carbocycles. The highest BCUT2D eigenvalue weighted by Crippen LogP contribution is 2.25. The van der Waals surface area contributed by atoms with Gasteiger partial charge in [-0.3, -0.25) is 4.79 Å². The second kappa shape index (κ2) is 7.76. The maximum absolute atomic E-state index is 13.3. The number of aryl methyl sites for hydroxylation is 1. The first-order chi connectivity index (χ1) is 12.5. The summed E-state index contributed by atoms with van der Waals surface area (Å²) in [6.07, 6.45) is 4.41. The van der Waals surface area contributed by atoms with Gasteiger partial charge in [-0.05, 0) is 44.7 Å². The molecule has 1 aliphatic heterocycles. The highest BCUT2D eigenvalue weighted by atomic mass is 19.2. The van der Waals surface area contributed by atoms with Crippen molar-refractivity contribution in [2.24, 2.45) is 0 Å². The van der Waals surface area contributed by atoms with E-state index in [0.717, 1.165) is 43.8 Å². The fraction of sp³-hybridized carbons (Fsp3) is 0.421. The third-order valence-electron chi connectivity index (χ3n) is 4.63. The van der Waals surface area contributed by atoms with Crippen LogP contribution in [0.15, 0.2) is 24.3 Å². The van der Waals surface area contributed by atoms with Crippen molar-refractivity contribution in [1.29, 1.82) is 0 Å². The SMILES string of the molecule is CCC1CCCCN1c1cc(C(=O)Nc2ccc(F)c(F)c2)nc(C)n1. The monoisotopic (exact) mass is 360 g/mol. The Bertz CT molecular complexity index is 812. The Kier molecular flexibility index (Phi) is 5.44. The fourth-order valence-corrected chi connectivity index (χ4v) is 3.31. The molecule has 0 spiro atoms. The number of hydrogen-bond acceptors (Lipinski definition) is 4. The predicted octanol–water partition coefficient (Wildman–Crippen LogP) is 4.08. The summed E-state index contributed by atoms with van der Waals surface area (Å²) in [6.45, 7) is 4.79. The van der Waals surface area contributed by atoms with Crippen LogP contribution in [-0.4, -0.2) is 28.5 Å². The van der Waals surface area contributed by atoms with Crippen LogP contribution >= 0.6 is 0 Å². The van der Waals surface area contributed by atoms with Gasteiger partial charge in [0.2, 0.25) is 0 Å². The number of amides is 1. The van der Waals surface area contributed by atoms with E-state index in [2.05, 4.69) is 27.1 Å². The molecule has 1 N–H and O–H groups in total. The fourth-order valence-electron chi connectivity index (χ4n) is 3.31. The number of halogens is 2. The van der Waals surface area contributed by atoms with Gasteiger partial charge >= 0.3 is 0 Å². The van der Waals surface area contributed by atoms with Crippen molar-refractivity contribution in [3.63, 3.8) is 0 Å². The molecule has 1 aliphatic rings. The van der Waals surface area contributed by atoms with Crippen LogP contribution in [0.3, 0.4) is 0 Å². The third-order valence-corrected chi connectivity index (χ3v) is 4.63. The van der Waals surface area contributed by atoms with E-state index in [4.69, 9.17) is 0 Å². The minimum absolute atomic E-state index is 0.177. The molecule has 1 saturated heterocycles. The second-order valence-electron chi connectivity index (χ2n) is 6.49. The summed E-state index contributed by atoms with van der Waals surface area (Å²) in [5.41, 5.74) is 0.383. The molecule has 26 heavy (non-hydrogen) atoms. The van der Waals surface area contributed by atoms with Crippen molar-refractivity contribution in [2.75, 3.05) is 16.8 Å². The number of aromatic nitrogens is 2. The topological polar surface area (TPSA) is 58.1 Å². The molecule has 0 radical (unpaired) electrons. The molecule has 138 valence electrons. The maximum atomic E-state index is 13.3. The average molecular weight is 360 g/mol. The summed E-state index contributed by atoms with van der Waals surface area (Å²) in [6, 6.07) is 5.29. The summed E-state index contributed by atoms with van der Waals surface area (Å²) in [5.74, 6) is -1.22. The standard InChI is InChI=1S/C19H22F2N4O/c1-3-14-6-4-5-9-25(14)18-11-17(22-12(2)23-18)19(26)24-13-7-8-15(20)16(21)10-13/h7-8,10-11,14H,3-6,9H2,1-2H3,(H,24,26). The van der Waals surface area contributed by atoms with Crippen LogP contribution in [0, 0.1) is 18.6 Å². The van der Waals surface area contributed by atoms with E-state index in [1.54, 1.807) is 13.0 Å². The minimum Gasteiger partial charge on any atom is -0.354 e. The molecule has 5 nitrogen and oxygen atoms in total. The van der Waals surface area contributed by atoms with Crippen molar-refractivity contribution in [1.82, 2.24) is 9.97 Å². The summed E-state index contributed by atoms with van der Waals surface area (Å²) >= 11 is 0. The molecule has 1 fully saturated rings. The Morgan fingerprint density at radius 2 is 2.04 bits per heavy atom. The zero-order chi connectivity index (χ0) is 18.7. The van der Waals surface area contributed by atoms with E-state index in [1.165, 1.54) is 12.5 Å². The van der Waals surface area contributed by atoms with Crippen LogP contribution in [-0.2, 0) is 0 Å². The third kappa shape index (κ3) is 3.98. The van der Waals surface area contributed by atoms with Crippen LogP contribution in [0.2, 0.25) is 0 Å². The van der Waals surface area contributed by atoms with Gasteiger partial charge in [-0.2, -0.15) is 0 Å². The second-order valence-corrected chi connectivity index (χ2v) is 6.49. The van der Waals surface area contributed by atoms with Gasteiger partial charge in [0.05, 0.1) is 0 Å². The first-order valence-corrected chi connectivity index (χ1v) is 8.86. The summed E-state index contributed by atoms with van der Waals surface area (Å²) in [7, 11) is 0. The van der Waals surface area contributed by atoms with Crippen molar-refractivity contribution in [2.45, 2.75) is 45.6 Å². The molecule has 1 unspecified atom stereocenters. The van der Waals surface area contributed by atoms with E-state index < -0.39 is 17.5 Å². The Morgan fingerprint density at radius 3 is 2.77 bits per heavy atom. The lowest BCUT2D eigenvalue weighted by Gasteiger charge is -2.36. The minimum atomic E-state index is -1.01. The summed E-state index contributed by atoms with van der Waals surface area (Å²) in [4.78, 5) is 23.4. The molecular weight excluding hydrogens is 338 g/mol. The normalized spacial score (nSPS) is 17.2. The van der Waals surface area contributed by atoms with Gasteiger partial charge < -0.3 is 10.2 Å². The van der Waals surface area contributed by atoms with Gasteiger partial charge in [0.25, 0.3) is 5.91 Å². The van der Waals surface area contributed by atoms with E-state index in [9.17, 15) is 13.6 Å². The van der Waals surface area contributed by atoms with E-state index in [0.29, 0.717) is 11.9 Å². The van der Waals surface area contributed by atoms with Crippen molar-refractivity contribution < 1.29 is 13.6 Å². The highest BCUT2D eigenvalue weighted by Gasteiger charge is 2.23. The summed E-state index contributed by atoms with van der Waals surface area (Å²) in [5, 5.41) is 2.55. The van der Waals surface area contributed by atoms with Gasteiger partial charge in [0.15, 0.2) is 11.6 Å². The molecule has 0 bridgehead atoms. The number of carbonyl (C=O) groups is 1. The molecule has 1 aromatic heterocycles. The van der Waals surface area contributed by atoms with Crippen LogP contribution in [0.25, 0.3) is 0 Å². The first kappa shape index (κ1) is 18.2. The molecule has 0 saturated carbocycles. The largest absolute Gasteiger partial charge is 0.354 e. The van der Waals surface area contributed by atoms with Crippen molar-refractivity contribution in [3.05, 3.63) is 47.4 Å². The van der Waals surface area contributed by atoms with Crippen LogP contribution in [0.1, 0.15) is 48.9 Å². The molecule has 2 aromatic rings. The molecule has 7 heteroatoms. The number of benzene rings is 1. The van der Waals surface area contributed by atoms with E-state index in [-0.39, 0.29) is 11.4 Å². The lowest BCUT2D eigenvalue weighted by Crippen LogP contribution is -2.40. The Hall–Kier alpha value is -2.57. The molecule has 3 rings (SSSR count). The smallest absolute Gasteiger partial charge is 0.274 e. The van der Waals surface area contributed by atoms with Gasteiger partial charge in [0, 0.05) is 30.4 Å². The predicted molar refractivity (Wildman–Crippen MR) is 96.4 cm³/mol. The average Bonchev–Trinajstić information content (AvgIpc) is 2.64. The van der Waals surface area contributed by atoms with Gasteiger partial charge in [-0.25, -0.2) is 18.7 Å². The lowest BCUT2D eigenvalue weighted by molar-refractivity contribution is 0.102. The molecule has 2 heterocycles. The molecule has 1 amide bonds. The highest BCUT2D eigenvalue weighted by molar-refractivity contribution is 6.03. The Labute approximate surface area is 151 Å². The number of rotatable bonds is 4. The zero-order valence-corrected chi connectivity index (χ0v) is 14.9. The number of anilines is 2. The zero-order valence-electron chi connectivity index (χ0n) is 14.9. The molecule has 0 aliphatic carbocycles. The van der Waals surface area contributed by atoms with E-state index >= 15 is 0 Å². The maximum Gasteiger partial charge on any atom is 0.274 e. The number of nitrogens with one attached hydrogen (secondary N) is 1. The van der Waals surface area contributed by atoms with Crippen LogP contribution < -0.4 is 10.2 Å². The quantitative estimate of drug-likeness (QED) is 0.892. The van der Waals surface area contributed by atoms with E-state index in [1.807, 2.05) is 0 Å². The Balaban J connectivity index is 1.84. The molecular formula is C19H22F2N4O. The number of hydrogen-bond donors (Lipinski definition) is 1. The van der Waals surface area contributed by atoms with Crippen molar-refractivity contribution in [3.8, 4) is 0 Å². The number of carbonyl (C=O) groups excluding carboxylic acids is 1. The van der Waals surface area contributed by atoms with Gasteiger partial charge in [-0.15, -0.1) is 0 Å². The van der Waals surface area contributed by atoms with Gasteiger partial charge in [-0.1, -0.05) is 6.92 Å². The van der Waals surface area contributed by atoms with Gasteiger partial charge in [0.1, 0.15) is 17.3 Å². The van der Waals surface area contributed by atoms with Crippen molar-refractivity contribution >= 4 is 17.4 Å². The number of piperidine rings is 1. The number of nitrogens with zero attached hydrogens (tertiary/aromatic N) is 3.